The van der Waals surface area contributed by atoms with E-state index in [9.17, 15) is 9.90 Å². The van der Waals surface area contributed by atoms with E-state index in [1.807, 2.05) is 4.90 Å². The number of piperidine rings is 1. The summed E-state index contributed by atoms with van der Waals surface area (Å²) in [6, 6.07) is 4.84. The summed E-state index contributed by atoms with van der Waals surface area (Å²) >= 11 is 6.10. The summed E-state index contributed by atoms with van der Waals surface area (Å²) in [5.74, 6) is 0.0418. The molecule has 1 aliphatic heterocycles. The van der Waals surface area contributed by atoms with Gasteiger partial charge in [-0.2, -0.15) is 0 Å². The van der Waals surface area contributed by atoms with E-state index >= 15 is 4.39 Å². The molecule has 0 radical (unpaired) electrons. The second kappa shape index (κ2) is 14.1. The van der Waals surface area contributed by atoms with Gasteiger partial charge >= 0.3 is 0 Å². The Balaban J connectivity index is 1.67. The van der Waals surface area contributed by atoms with Crippen molar-refractivity contribution in [3.63, 3.8) is 0 Å². The third-order valence-corrected chi connectivity index (χ3v) is 8.87. The summed E-state index contributed by atoms with van der Waals surface area (Å²) in [7, 11) is 1.65. The van der Waals surface area contributed by atoms with Gasteiger partial charge in [0.1, 0.15) is 5.82 Å². The largest absolute Gasteiger partial charge is 0.385 e. The lowest BCUT2D eigenvalue weighted by atomic mass is 9.73. The normalized spacial score (nSPS) is 22.7. The van der Waals surface area contributed by atoms with Crippen LogP contribution in [0.15, 0.2) is 18.2 Å². The minimum Gasteiger partial charge on any atom is -0.385 e. The highest BCUT2D eigenvalue weighted by Crippen LogP contribution is 2.42. The zero-order valence-electron chi connectivity index (χ0n) is 22.2. The molecule has 2 fully saturated rings. The van der Waals surface area contributed by atoms with E-state index < -0.39 is 11.4 Å². The Hall–Kier alpha value is -1.21. The molecule has 0 unspecified atom stereocenters. The van der Waals surface area contributed by atoms with Crippen LogP contribution in [-0.2, 0) is 15.1 Å². The van der Waals surface area contributed by atoms with Crippen LogP contribution >= 0.6 is 11.6 Å². The number of likely N-dealkylation sites (tertiary alicyclic amines) is 1. The van der Waals surface area contributed by atoms with Gasteiger partial charge in [0, 0.05) is 50.8 Å². The number of hydrogen-bond donors (Lipinski definition) is 2. The van der Waals surface area contributed by atoms with Crippen LogP contribution in [0.5, 0.6) is 0 Å². The molecule has 5 nitrogen and oxygen atoms in total. The highest BCUT2D eigenvalue weighted by molar-refractivity contribution is 6.30. The number of amides is 1. The molecule has 1 saturated carbocycles. The quantitative estimate of drug-likeness (QED) is 0.326. The summed E-state index contributed by atoms with van der Waals surface area (Å²) < 4.78 is 20.3. The maximum atomic E-state index is 15.1. The Morgan fingerprint density at radius 1 is 1.25 bits per heavy atom. The molecule has 0 bridgehead atoms. The molecule has 3 N–H and O–H groups in total. The number of nitrogens with two attached hydrogens (primary N) is 1. The topological polar surface area (TPSA) is 75.8 Å². The molecule has 4 atom stereocenters. The molecular formula is C29H46ClFN2O3. The number of halogens is 2. The van der Waals surface area contributed by atoms with E-state index in [2.05, 4.69) is 6.92 Å². The first kappa shape index (κ1) is 29.3. The number of hydrogen-bond acceptors (Lipinski definition) is 4. The zero-order chi connectivity index (χ0) is 26.1. The summed E-state index contributed by atoms with van der Waals surface area (Å²) in [5.41, 5.74) is 5.37. The number of carbonyl (C=O) groups excluding carboxylic acids is 1. The standard InChI is InChI=1S/C29H46ClFN2O3/c1-21(26(32)19-22-10-4-3-5-11-22)18-27(34)33-16-9-12-23(20-33)29(35,15-6-7-17-36-2)24-13-8-14-25(30)28(24)31/h8,13-14,21-23,26,35H,3-7,9-12,15-20,32H2,1-2H3/t21-,23+,26-,29-/m0/s1. The van der Waals surface area contributed by atoms with Crippen LogP contribution in [0.25, 0.3) is 0 Å². The Kier molecular flexibility index (Phi) is 11.5. The first-order chi connectivity index (χ1) is 17.3. The van der Waals surface area contributed by atoms with Gasteiger partial charge in [0.2, 0.25) is 5.91 Å². The molecule has 0 spiro atoms. The average molecular weight is 525 g/mol. The van der Waals surface area contributed by atoms with Crippen LogP contribution in [0.1, 0.15) is 89.5 Å². The molecular weight excluding hydrogens is 479 g/mol. The van der Waals surface area contributed by atoms with Gasteiger partial charge in [-0.25, -0.2) is 4.39 Å². The second-order valence-corrected chi connectivity index (χ2v) is 11.6. The van der Waals surface area contributed by atoms with Gasteiger partial charge in [-0.15, -0.1) is 0 Å². The number of rotatable bonds is 12. The fourth-order valence-electron chi connectivity index (χ4n) is 6.23. The van der Waals surface area contributed by atoms with Crippen LogP contribution in [0, 0.1) is 23.6 Å². The fraction of sp³-hybridized carbons (Fsp3) is 0.759. The lowest BCUT2D eigenvalue weighted by molar-refractivity contribution is -0.138. The van der Waals surface area contributed by atoms with Crippen LogP contribution in [0.2, 0.25) is 5.02 Å². The number of carbonyl (C=O) groups is 1. The predicted octanol–water partition coefficient (Wildman–Crippen LogP) is 6.05. The molecule has 7 heteroatoms. The molecule has 2 aliphatic rings. The minimum atomic E-state index is -1.40. The van der Waals surface area contributed by atoms with Gasteiger partial charge in [0.05, 0.1) is 10.6 Å². The smallest absolute Gasteiger partial charge is 0.222 e. The van der Waals surface area contributed by atoms with E-state index in [0.717, 1.165) is 25.7 Å². The molecule has 204 valence electrons. The van der Waals surface area contributed by atoms with E-state index in [1.54, 1.807) is 19.2 Å². The average Bonchev–Trinajstić information content (AvgIpc) is 2.88. The number of ether oxygens (including phenoxy) is 1. The van der Waals surface area contributed by atoms with Crippen LogP contribution < -0.4 is 5.73 Å². The van der Waals surface area contributed by atoms with Gasteiger partial charge in [-0.05, 0) is 56.4 Å². The number of benzene rings is 1. The molecule has 1 amide bonds. The van der Waals surface area contributed by atoms with Crippen molar-refractivity contribution in [1.82, 2.24) is 4.90 Å². The predicted molar refractivity (Wildman–Crippen MR) is 143 cm³/mol. The van der Waals surface area contributed by atoms with E-state index in [4.69, 9.17) is 22.1 Å². The molecule has 3 rings (SSSR count). The molecule has 1 aromatic rings. The lowest BCUT2D eigenvalue weighted by Gasteiger charge is -2.43. The highest BCUT2D eigenvalue weighted by Gasteiger charge is 2.43. The SMILES string of the molecule is COCCCC[C@@](O)(c1cccc(Cl)c1F)[C@@H]1CCCN(C(=O)C[C@H](C)[C@@H](N)CC2CCCCC2)C1. The Morgan fingerprint density at radius 2 is 2.00 bits per heavy atom. The summed E-state index contributed by atoms with van der Waals surface area (Å²) in [6.45, 7) is 3.75. The maximum absolute atomic E-state index is 15.1. The van der Waals surface area contributed by atoms with Crippen molar-refractivity contribution in [3.05, 3.63) is 34.6 Å². The number of aliphatic hydroxyl groups is 1. The van der Waals surface area contributed by atoms with Crippen molar-refractivity contribution >= 4 is 17.5 Å². The van der Waals surface area contributed by atoms with E-state index in [0.29, 0.717) is 44.9 Å². The Morgan fingerprint density at radius 3 is 2.72 bits per heavy atom. The third-order valence-electron chi connectivity index (χ3n) is 8.58. The van der Waals surface area contributed by atoms with Gasteiger partial charge < -0.3 is 20.5 Å². The summed E-state index contributed by atoms with van der Waals surface area (Å²) in [4.78, 5) is 15.2. The maximum Gasteiger partial charge on any atom is 0.222 e. The molecule has 1 heterocycles. The molecule has 1 aliphatic carbocycles. The monoisotopic (exact) mass is 524 g/mol. The van der Waals surface area contributed by atoms with Crippen molar-refractivity contribution in [2.24, 2.45) is 23.5 Å². The zero-order valence-corrected chi connectivity index (χ0v) is 22.9. The Bertz CT molecular complexity index is 835. The van der Waals surface area contributed by atoms with E-state index in [1.165, 1.54) is 38.2 Å². The minimum absolute atomic E-state index is 0.00679. The van der Waals surface area contributed by atoms with Crippen molar-refractivity contribution < 1.29 is 19.0 Å². The van der Waals surface area contributed by atoms with Crippen molar-refractivity contribution in [2.45, 2.75) is 95.6 Å². The van der Waals surface area contributed by atoms with Crippen LogP contribution in [-0.4, -0.2) is 48.8 Å². The van der Waals surface area contributed by atoms with Crippen LogP contribution in [0.3, 0.4) is 0 Å². The first-order valence-corrected chi connectivity index (χ1v) is 14.3. The Labute approximate surface area is 221 Å². The summed E-state index contributed by atoms with van der Waals surface area (Å²) in [5, 5.41) is 12.0. The van der Waals surface area contributed by atoms with Crippen molar-refractivity contribution in [2.75, 3.05) is 26.8 Å². The van der Waals surface area contributed by atoms with Gasteiger partial charge in [0.15, 0.2) is 0 Å². The highest BCUT2D eigenvalue weighted by atomic mass is 35.5. The fourth-order valence-corrected chi connectivity index (χ4v) is 6.40. The van der Waals surface area contributed by atoms with Gasteiger partial charge in [-0.1, -0.05) is 62.8 Å². The number of methoxy groups -OCH3 is 1. The number of unbranched alkanes of at least 4 members (excludes halogenated alkanes) is 1. The molecule has 1 aromatic carbocycles. The van der Waals surface area contributed by atoms with E-state index in [-0.39, 0.29) is 34.4 Å². The van der Waals surface area contributed by atoms with Gasteiger partial charge in [-0.3, -0.25) is 4.79 Å². The molecule has 36 heavy (non-hydrogen) atoms. The first-order valence-electron chi connectivity index (χ1n) is 14.0. The third kappa shape index (κ3) is 7.66. The summed E-state index contributed by atoms with van der Waals surface area (Å²) in [6.07, 6.45) is 11.2. The second-order valence-electron chi connectivity index (χ2n) is 11.2. The van der Waals surface area contributed by atoms with Crippen molar-refractivity contribution in [1.29, 1.82) is 0 Å². The van der Waals surface area contributed by atoms with Gasteiger partial charge in [0.25, 0.3) is 0 Å². The molecule has 0 aromatic heterocycles. The van der Waals surface area contributed by atoms with Crippen LogP contribution in [0.4, 0.5) is 4.39 Å². The molecule has 1 saturated heterocycles. The number of nitrogens with zero attached hydrogens (tertiary/aromatic N) is 1. The van der Waals surface area contributed by atoms with Crippen molar-refractivity contribution in [3.8, 4) is 0 Å². The lowest BCUT2D eigenvalue weighted by Crippen LogP contribution is -2.49.